The SMILES string of the molecule is O=C(CSC1=NCC(=O)N1c1ccccc1Cl)Nc1ccccc1Cl. The zero-order valence-corrected chi connectivity index (χ0v) is 15.2. The highest BCUT2D eigenvalue weighted by molar-refractivity contribution is 8.14. The molecule has 0 saturated heterocycles. The van der Waals surface area contributed by atoms with Crippen LogP contribution in [-0.2, 0) is 9.59 Å². The topological polar surface area (TPSA) is 61.8 Å². The number of carbonyl (C=O) groups excluding carboxylic acids is 2. The second-order valence-electron chi connectivity index (χ2n) is 5.10. The van der Waals surface area contributed by atoms with Crippen LogP contribution in [0.2, 0.25) is 10.0 Å². The number of thioether (sulfide) groups is 1. The number of hydrogen-bond donors (Lipinski definition) is 1. The van der Waals surface area contributed by atoms with Crippen LogP contribution in [0, 0.1) is 0 Å². The molecule has 5 nitrogen and oxygen atoms in total. The first kappa shape index (κ1) is 17.8. The fourth-order valence-corrected chi connectivity index (χ4v) is 3.46. The number of rotatable bonds is 4. The second kappa shape index (κ2) is 7.91. The minimum atomic E-state index is -0.237. The van der Waals surface area contributed by atoms with Gasteiger partial charge < -0.3 is 5.32 Å². The van der Waals surface area contributed by atoms with Crippen molar-refractivity contribution in [3.05, 3.63) is 58.6 Å². The number of halogens is 2. The number of nitrogens with zero attached hydrogens (tertiary/aromatic N) is 2. The highest BCUT2D eigenvalue weighted by Gasteiger charge is 2.29. The molecule has 1 aliphatic heterocycles. The molecule has 2 aromatic rings. The Morgan fingerprint density at radius 2 is 1.80 bits per heavy atom. The van der Waals surface area contributed by atoms with Gasteiger partial charge in [0.1, 0.15) is 6.54 Å². The molecule has 0 bridgehead atoms. The summed E-state index contributed by atoms with van der Waals surface area (Å²) in [5.74, 6) is -0.320. The van der Waals surface area contributed by atoms with E-state index in [-0.39, 0.29) is 24.1 Å². The maximum atomic E-state index is 12.1. The summed E-state index contributed by atoms with van der Waals surface area (Å²) in [5.41, 5.74) is 1.10. The molecule has 2 aromatic carbocycles. The van der Waals surface area contributed by atoms with Crippen LogP contribution in [0.15, 0.2) is 53.5 Å². The smallest absolute Gasteiger partial charge is 0.254 e. The van der Waals surface area contributed by atoms with E-state index >= 15 is 0 Å². The van der Waals surface area contributed by atoms with Gasteiger partial charge in [-0.15, -0.1) is 0 Å². The highest BCUT2D eigenvalue weighted by atomic mass is 35.5. The van der Waals surface area contributed by atoms with Crippen molar-refractivity contribution in [1.29, 1.82) is 0 Å². The summed E-state index contributed by atoms with van der Waals surface area (Å²) >= 11 is 13.4. The van der Waals surface area contributed by atoms with Gasteiger partial charge in [-0.1, -0.05) is 59.2 Å². The van der Waals surface area contributed by atoms with Gasteiger partial charge in [0.2, 0.25) is 5.91 Å². The molecule has 0 unspecified atom stereocenters. The van der Waals surface area contributed by atoms with Crippen molar-refractivity contribution in [2.45, 2.75) is 0 Å². The van der Waals surface area contributed by atoms with E-state index < -0.39 is 0 Å². The number of benzene rings is 2. The van der Waals surface area contributed by atoms with Gasteiger partial charge in [0, 0.05) is 0 Å². The Hall–Kier alpha value is -2.02. The van der Waals surface area contributed by atoms with Crippen LogP contribution in [0.4, 0.5) is 11.4 Å². The third kappa shape index (κ3) is 4.15. The molecule has 0 spiro atoms. The van der Waals surface area contributed by atoms with E-state index in [0.29, 0.717) is 26.6 Å². The Labute approximate surface area is 159 Å². The Morgan fingerprint density at radius 3 is 2.52 bits per heavy atom. The predicted molar refractivity (Wildman–Crippen MR) is 104 cm³/mol. The second-order valence-corrected chi connectivity index (χ2v) is 6.85. The highest BCUT2D eigenvalue weighted by Crippen LogP contribution is 2.30. The molecule has 128 valence electrons. The van der Waals surface area contributed by atoms with E-state index in [1.165, 1.54) is 16.7 Å². The zero-order valence-electron chi connectivity index (χ0n) is 12.9. The molecule has 0 atom stereocenters. The van der Waals surface area contributed by atoms with Gasteiger partial charge in [-0.2, -0.15) is 0 Å². The summed E-state index contributed by atoms with van der Waals surface area (Å²) in [7, 11) is 0. The first-order valence-corrected chi connectivity index (χ1v) is 9.09. The van der Waals surface area contributed by atoms with E-state index in [1.807, 2.05) is 0 Å². The number of aliphatic imine (C=N–C) groups is 1. The monoisotopic (exact) mass is 393 g/mol. The van der Waals surface area contributed by atoms with Gasteiger partial charge >= 0.3 is 0 Å². The van der Waals surface area contributed by atoms with Crippen LogP contribution in [0.1, 0.15) is 0 Å². The summed E-state index contributed by atoms with van der Waals surface area (Å²) in [6.07, 6.45) is 0. The van der Waals surface area contributed by atoms with Gasteiger partial charge in [-0.05, 0) is 24.3 Å². The molecule has 0 fully saturated rings. The van der Waals surface area contributed by atoms with Crippen LogP contribution in [-0.4, -0.2) is 29.3 Å². The molecule has 0 aromatic heterocycles. The van der Waals surface area contributed by atoms with Gasteiger partial charge in [-0.3, -0.25) is 19.5 Å². The molecule has 3 rings (SSSR count). The first-order valence-electron chi connectivity index (χ1n) is 7.35. The van der Waals surface area contributed by atoms with Gasteiger partial charge in [0.25, 0.3) is 5.91 Å². The first-order chi connectivity index (χ1) is 12.1. The summed E-state index contributed by atoms with van der Waals surface area (Å²) in [6.45, 7) is 0.0414. The average molecular weight is 394 g/mol. The summed E-state index contributed by atoms with van der Waals surface area (Å²) in [4.78, 5) is 29.9. The van der Waals surface area contributed by atoms with Crippen molar-refractivity contribution in [3.63, 3.8) is 0 Å². The lowest BCUT2D eigenvalue weighted by Crippen LogP contribution is -2.31. The van der Waals surface area contributed by atoms with Crippen LogP contribution in [0.3, 0.4) is 0 Å². The van der Waals surface area contributed by atoms with Crippen LogP contribution < -0.4 is 10.2 Å². The lowest BCUT2D eigenvalue weighted by Gasteiger charge is -2.19. The zero-order chi connectivity index (χ0) is 17.8. The normalized spacial score (nSPS) is 13.8. The Kier molecular flexibility index (Phi) is 5.63. The molecule has 0 saturated carbocycles. The van der Waals surface area contributed by atoms with Crippen molar-refractivity contribution in [2.24, 2.45) is 4.99 Å². The van der Waals surface area contributed by atoms with Crippen molar-refractivity contribution >= 4 is 63.3 Å². The number of amidine groups is 1. The molecule has 1 heterocycles. The molecule has 2 amide bonds. The molecule has 1 aliphatic rings. The number of carbonyl (C=O) groups is 2. The standard InChI is InChI=1S/C17H13Cl2N3O2S/c18-11-5-1-3-7-13(11)21-15(23)10-25-17-20-9-16(24)22(17)14-8-4-2-6-12(14)19/h1-8H,9-10H2,(H,21,23). The Morgan fingerprint density at radius 1 is 1.12 bits per heavy atom. The lowest BCUT2D eigenvalue weighted by molar-refractivity contribution is -0.116. The van der Waals surface area contributed by atoms with E-state index in [9.17, 15) is 9.59 Å². The minimum Gasteiger partial charge on any atom is -0.324 e. The number of amides is 2. The fourth-order valence-electron chi connectivity index (χ4n) is 2.24. The predicted octanol–water partition coefficient (Wildman–Crippen LogP) is 4.07. The third-order valence-electron chi connectivity index (χ3n) is 3.36. The Bertz CT molecular complexity index is 857. The molecule has 8 heteroatoms. The summed E-state index contributed by atoms with van der Waals surface area (Å²) < 4.78 is 0. The van der Waals surface area contributed by atoms with Crippen LogP contribution in [0.25, 0.3) is 0 Å². The molecule has 0 radical (unpaired) electrons. The maximum Gasteiger partial charge on any atom is 0.254 e. The van der Waals surface area contributed by atoms with Crippen molar-refractivity contribution in [3.8, 4) is 0 Å². The molecule has 0 aliphatic carbocycles. The van der Waals surface area contributed by atoms with Gasteiger partial charge in [-0.25, -0.2) is 0 Å². The number of para-hydroxylation sites is 2. The fraction of sp³-hybridized carbons (Fsp3) is 0.118. The number of anilines is 2. The average Bonchev–Trinajstić information content (AvgIpc) is 2.96. The van der Waals surface area contributed by atoms with Crippen LogP contribution >= 0.6 is 35.0 Å². The number of nitrogens with one attached hydrogen (secondary N) is 1. The molecule has 1 N–H and O–H groups in total. The third-order valence-corrected chi connectivity index (χ3v) is 4.99. The molecular weight excluding hydrogens is 381 g/mol. The van der Waals surface area contributed by atoms with E-state index in [4.69, 9.17) is 23.2 Å². The van der Waals surface area contributed by atoms with E-state index in [1.54, 1.807) is 48.5 Å². The van der Waals surface area contributed by atoms with Crippen molar-refractivity contribution in [2.75, 3.05) is 22.5 Å². The van der Waals surface area contributed by atoms with E-state index in [0.717, 1.165) is 0 Å². The van der Waals surface area contributed by atoms with Crippen molar-refractivity contribution in [1.82, 2.24) is 0 Å². The van der Waals surface area contributed by atoms with E-state index in [2.05, 4.69) is 10.3 Å². The lowest BCUT2D eigenvalue weighted by atomic mass is 10.3. The van der Waals surface area contributed by atoms with Crippen LogP contribution in [0.5, 0.6) is 0 Å². The van der Waals surface area contributed by atoms with Gasteiger partial charge in [0.05, 0.1) is 27.2 Å². The largest absolute Gasteiger partial charge is 0.324 e. The quantitative estimate of drug-likeness (QED) is 0.851. The van der Waals surface area contributed by atoms with Crippen molar-refractivity contribution < 1.29 is 9.59 Å². The number of hydrogen-bond acceptors (Lipinski definition) is 4. The Balaban J connectivity index is 1.66. The summed E-state index contributed by atoms with van der Waals surface area (Å²) in [5, 5.41) is 4.10. The molecule has 25 heavy (non-hydrogen) atoms. The minimum absolute atomic E-state index is 0.0414. The molecular formula is C17H13Cl2N3O2S. The summed E-state index contributed by atoms with van der Waals surface area (Å²) in [6, 6.07) is 14.0. The van der Waals surface area contributed by atoms with Gasteiger partial charge in [0.15, 0.2) is 5.17 Å². The maximum absolute atomic E-state index is 12.1.